The molecule has 0 aliphatic carbocycles. The molecule has 12 nitrogen and oxygen atoms in total. The summed E-state index contributed by atoms with van der Waals surface area (Å²) in [6, 6.07) is 9.27. The van der Waals surface area contributed by atoms with Crippen LogP contribution in [0.2, 0.25) is 0 Å². The molecule has 0 spiro atoms. The van der Waals surface area contributed by atoms with E-state index < -0.39 is 10.6 Å². The Hall–Kier alpha value is -4.35. The molecule has 0 atom stereocenters. The highest BCUT2D eigenvalue weighted by molar-refractivity contribution is 5.73. The number of imidazole rings is 1. The number of aromatic nitrogens is 3. The van der Waals surface area contributed by atoms with Crippen LogP contribution in [-0.4, -0.2) is 50.6 Å². The highest BCUT2D eigenvalue weighted by atomic mass is 16.6. The van der Waals surface area contributed by atoms with Gasteiger partial charge in [0.2, 0.25) is 17.6 Å². The molecule has 1 aromatic carbocycles. The Balaban J connectivity index is 1.51. The number of aromatic hydroxyl groups is 1. The summed E-state index contributed by atoms with van der Waals surface area (Å²) in [6.45, 7) is 2.92. The van der Waals surface area contributed by atoms with E-state index in [-0.39, 0.29) is 40.8 Å². The number of rotatable bonds is 7. The molecular weight excluding hydrogens is 446 g/mol. The number of nitrogens with zero attached hydrogens (tertiary/aromatic N) is 3. The van der Waals surface area contributed by atoms with E-state index in [4.69, 9.17) is 9.47 Å². The van der Waals surface area contributed by atoms with Crippen molar-refractivity contribution in [1.82, 2.24) is 15.0 Å². The number of pyridine rings is 1. The van der Waals surface area contributed by atoms with E-state index in [0.29, 0.717) is 43.9 Å². The molecule has 1 fully saturated rings. The van der Waals surface area contributed by atoms with Gasteiger partial charge in [0.25, 0.3) is 0 Å². The van der Waals surface area contributed by atoms with Gasteiger partial charge in [0.15, 0.2) is 0 Å². The number of anilines is 1. The number of hydrogen-bond acceptors (Lipinski definition) is 9. The maximum absolute atomic E-state index is 12.0. The maximum Gasteiger partial charge on any atom is 0.326 e. The number of nitro groups is 1. The van der Waals surface area contributed by atoms with Crippen LogP contribution in [0.3, 0.4) is 0 Å². The highest BCUT2D eigenvalue weighted by Crippen LogP contribution is 2.34. The molecule has 4 rings (SSSR count). The van der Waals surface area contributed by atoms with Crippen molar-refractivity contribution in [3.8, 4) is 28.8 Å². The van der Waals surface area contributed by atoms with Crippen molar-refractivity contribution in [1.29, 1.82) is 0 Å². The number of carbonyl (C=O) groups is 1. The quantitative estimate of drug-likeness (QED) is 0.268. The lowest BCUT2D eigenvalue weighted by Crippen LogP contribution is -2.37. The fourth-order valence-corrected chi connectivity index (χ4v) is 3.84. The molecule has 1 saturated heterocycles. The maximum atomic E-state index is 12.0. The van der Waals surface area contributed by atoms with Gasteiger partial charge in [0.05, 0.1) is 17.4 Å². The van der Waals surface area contributed by atoms with Crippen LogP contribution >= 0.6 is 0 Å². The number of piperidine rings is 1. The SMILES string of the molecule is CCOC(=O)C1CCN(c2nc(Oc3ccc(-c4[nH]c(=O)[nH]c4O)cc3)ccc2[N+](=O)[O-])CC1. The predicted molar refractivity (Wildman–Crippen MR) is 121 cm³/mol. The molecule has 0 bridgehead atoms. The topological polar surface area (TPSA) is 164 Å². The highest BCUT2D eigenvalue weighted by Gasteiger charge is 2.30. The third kappa shape index (κ3) is 4.85. The first-order valence-electron chi connectivity index (χ1n) is 10.7. The van der Waals surface area contributed by atoms with Crippen molar-refractivity contribution in [2.45, 2.75) is 19.8 Å². The van der Waals surface area contributed by atoms with Crippen LogP contribution in [0.15, 0.2) is 41.2 Å². The zero-order valence-corrected chi connectivity index (χ0v) is 18.3. The minimum atomic E-state index is -0.526. The van der Waals surface area contributed by atoms with Gasteiger partial charge in [-0.3, -0.25) is 19.9 Å². The minimum absolute atomic E-state index is 0.149. The van der Waals surface area contributed by atoms with E-state index in [1.165, 1.54) is 12.1 Å². The number of hydrogen-bond donors (Lipinski definition) is 3. The summed E-state index contributed by atoms with van der Waals surface area (Å²) in [4.78, 5) is 45.3. The van der Waals surface area contributed by atoms with Crippen molar-refractivity contribution >= 4 is 17.5 Å². The van der Waals surface area contributed by atoms with Gasteiger partial charge in [0, 0.05) is 30.8 Å². The molecule has 1 aliphatic heterocycles. The van der Waals surface area contributed by atoms with Gasteiger partial charge in [0.1, 0.15) is 11.4 Å². The van der Waals surface area contributed by atoms with Crippen molar-refractivity contribution in [2.75, 3.05) is 24.6 Å². The van der Waals surface area contributed by atoms with Gasteiger partial charge in [-0.25, -0.2) is 4.79 Å². The van der Waals surface area contributed by atoms with Crippen LogP contribution < -0.4 is 15.3 Å². The lowest BCUT2D eigenvalue weighted by Gasteiger charge is -2.31. The van der Waals surface area contributed by atoms with E-state index >= 15 is 0 Å². The molecule has 34 heavy (non-hydrogen) atoms. The fraction of sp³-hybridized carbons (Fsp3) is 0.318. The molecule has 0 amide bonds. The number of ether oxygens (including phenoxy) is 2. The summed E-state index contributed by atoms with van der Waals surface area (Å²) < 4.78 is 10.9. The number of esters is 1. The van der Waals surface area contributed by atoms with Crippen LogP contribution in [0.25, 0.3) is 11.3 Å². The smallest absolute Gasteiger partial charge is 0.326 e. The molecule has 3 heterocycles. The van der Waals surface area contributed by atoms with E-state index in [0.717, 1.165) is 0 Å². The van der Waals surface area contributed by atoms with Crippen molar-refractivity contribution < 1.29 is 24.3 Å². The lowest BCUT2D eigenvalue weighted by molar-refractivity contribution is -0.384. The van der Waals surface area contributed by atoms with E-state index in [1.807, 2.05) is 0 Å². The Morgan fingerprint density at radius 2 is 1.91 bits per heavy atom. The normalized spacial score (nSPS) is 14.1. The molecular formula is C22H23N5O7. The van der Waals surface area contributed by atoms with Crippen LogP contribution in [0.1, 0.15) is 19.8 Å². The number of aromatic amines is 2. The number of benzene rings is 1. The average molecular weight is 469 g/mol. The first-order chi connectivity index (χ1) is 16.4. The Morgan fingerprint density at radius 1 is 1.21 bits per heavy atom. The summed E-state index contributed by atoms with van der Waals surface area (Å²) in [5.74, 6) is 0.00121. The second-order valence-electron chi connectivity index (χ2n) is 7.69. The van der Waals surface area contributed by atoms with Gasteiger partial charge in [-0.15, -0.1) is 0 Å². The van der Waals surface area contributed by atoms with Crippen molar-refractivity contribution in [2.24, 2.45) is 5.92 Å². The van der Waals surface area contributed by atoms with Crippen LogP contribution in [-0.2, 0) is 9.53 Å². The first-order valence-corrected chi connectivity index (χ1v) is 10.7. The lowest BCUT2D eigenvalue weighted by atomic mass is 9.97. The predicted octanol–water partition coefficient (Wildman–Crippen LogP) is 2.95. The third-order valence-corrected chi connectivity index (χ3v) is 5.51. The van der Waals surface area contributed by atoms with E-state index in [9.17, 15) is 24.8 Å². The molecule has 0 unspecified atom stereocenters. The van der Waals surface area contributed by atoms with Gasteiger partial charge < -0.3 is 24.5 Å². The third-order valence-electron chi connectivity index (χ3n) is 5.51. The van der Waals surface area contributed by atoms with E-state index in [2.05, 4.69) is 15.0 Å². The zero-order chi connectivity index (χ0) is 24.2. The molecule has 3 N–H and O–H groups in total. The molecule has 178 valence electrons. The first kappa shape index (κ1) is 22.8. The standard InChI is InChI=1S/C22H23N5O7/c1-2-33-21(29)14-9-11-26(12-10-14)19-16(27(31)32)7-8-17(23-19)34-15-5-3-13(4-6-15)18-20(28)25-22(30)24-18/h3-8,14,28H,2,9-12H2,1H3,(H2,24,25,30). The second-order valence-corrected chi connectivity index (χ2v) is 7.69. The molecule has 2 aromatic heterocycles. The van der Waals surface area contributed by atoms with Gasteiger partial charge in [-0.1, -0.05) is 0 Å². The van der Waals surface area contributed by atoms with E-state index in [1.54, 1.807) is 36.1 Å². The fourth-order valence-electron chi connectivity index (χ4n) is 3.84. The van der Waals surface area contributed by atoms with Crippen molar-refractivity contribution in [3.05, 3.63) is 57.0 Å². The molecule has 1 aliphatic rings. The minimum Gasteiger partial charge on any atom is -0.493 e. The average Bonchev–Trinajstić information content (AvgIpc) is 3.17. The number of H-pyrrole nitrogens is 2. The summed E-state index contributed by atoms with van der Waals surface area (Å²) in [5, 5.41) is 21.3. The Kier molecular flexibility index (Phi) is 6.48. The molecule has 0 radical (unpaired) electrons. The summed E-state index contributed by atoms with van der Waals surface area (Å²) in [6.07, 6.45) is 1.02. The summed E-state index contributed by atoms with van der Waals surface area (Å²) in [7, 11) is 0. The van der Waals surface area contributed by atoms with Gasteiger partial charge in [-0.2, -0.15) is 4.98 Å². The van der Waals surface area contributed by atoms with Crippen molar-refractivity contribution in [3.63, 3.8) is 0 Å². The number of carbonyl (C=O) groups excluding carboxylic acids is 1. The van der Waals surface area contributed by atoms with Crippen LogP contribution in [0, 0.1) is 16.0 Å². The van der Waals surface area contributed by atoms with Crippen LogP contribution in [0.4, 0.5) is 11.5 Å². The summed E-state index contributed by atoms with van der Waals surface area (Å²) in [5.41, 5.74) is 0.134. The number of nitrogens with one attached hydrogen (secondary N) is 2. The molecule has 12 heteroatoms. The second kappa shape index (κ2) is 9.65. The molecule has 3 aromatic rings. The van der Waals surface area contributed by atoms with Gasteiger partial charge >= 0.3 is 17.3 Å². The zero-order valence-electron chi connectivity index (χ0n) is 18.3. The Bertz CT molecular complexity index is 1240. The monoisotopic (exact) mass is 469 g/mol. The molecule has 0 saturated carbocycles. The Morgan fingerprint density at radius 3 is 2.50 bits per heavy atom. The van der Waals surface area contributed by atoms with Gasteiger partial charge in [-0.05, 0) is 44.0 Å². The van der Waals surface area contributed by atoms with Crippen LogP contribution in [0.5, 0.6) is 17.5 Å². The Labute approximate surface area is 193 Å². The summed E-state index contributed by atoms with van der Waals surface area (Å²) >= 11 is 0. The largest absolute Gasteiger partial charge is 0.493 e.